The molecule has 0 radical (unpaired) electrons. The lowest BCUT2D eigenvalue weighted by Crippen LogP contribution is -2.36. The van der Waals surface area contributed by atoms with Crippen LogP contribution in [0.25, 0.3) is 0 Å². The molecule has 0 heterocycles. The molecule has 0 N–H and O–H groups in total. The Labute approximate surface area is 121 Å². The van der Waals surface area contributed by atoms with Crippen molar-refractivity contribution in [1.82, 2.24) is 0 Å². The van der Waals surface area contributed by atoms with Crippen LogP contribution in [0.5, 0.6) is 0 Å². The Kier molecular flexibility index (Phi) is 4.70. The van der Waals surface area contributed by atoms with Crippen LogP contribution < -0.4 is 0 Å². The standard InChI is InChI=1S/C10H9BrFIO3S/c1-2-17(15,16)10(11,13)9(14)7-5-3-4-6-8(7)12/h3-6H,2H2,1H3. The van der Waals surface area contributed by atoms with Crippen LogP contribution in [0.15, 0.2) is 24.3 Å². The minimum atomic E-state index is -3.67. The van der Waals surface area contributed by atoms with Gasteiger partial charge in [-0.05, 0) is 50.7 Å². The van der Waals surface area contributed by atoms with E-state index in [1.807, 2.05) is 0 Å². The Morgan fingerprint density at radius 3 is 2.47 bits per heavy atom. The zero-order valence-electron chi connectivity index (χ0n) is 8.78. The molecule has 94 valence electrons. The number of ketones is 1. The average molecular weight is 435 g/mol. The molecule has 17 heavy (non-hydrogen) atoms. The number of Topliss-reactive ketones (excluding diaryl/α,β-unsaturated/α-hetero) is 1. The Bertz CT molecular complexity index is 542. The van der Waals surface area contributed by atoms with Crippen LogP contribution in [0.2, 0.25) is 0 Å². The third-order valence-electron chi connectivity index (χ3n) is 2.15. The highest BCUT2D eigenvalue weighted by Crippen LogP contribution is 2.37. The van der Waals surface area contributed by atoms with E-state index in [4.69, 9.17) is 0 Å². The van der Waals surface area contributed by atoms with E-state index in [0.717, 1.165) is 6.07 Å². The van der Waals surface area contributed by atoms with Gasteiger partial charge < -0.3 is 0 Å². The molecule has 3 nitrogen and oxygen atoms in total. The fourth-order valence-corrected chi connectivity index (χ4v) is 4.00. The largest absolute Gasteiger partial charge is 0.290 e. The van der Waals surface area contributed by atoms with Gasteiger partial charge in [0.05, 0.1) is 11.3 Å². The number of carbonyl (C=O) groups excluding carboxylic acids is 1. The van der Waals surface area contributed by atoms with Gasteiger partial charge in [-0.2, -0.15) is 0 Å². The van der Waals surface area contributed by atoms with E-state index < -0.39 is 23.1 Å². The summed E-state index contributed by atoms with van der Waals surface area (Å²) in [5.41, 5.74) is -0.240. The fraction of sp³-hybridized carbons (Fsp3) is 0.300. The van der Waals surface area contributed by atoms with Crippen LogP contribution in [-0.4, -0.2) is 21.6 Å². The number of halogens is 3. The molecule has 1 aromatic rings. The topological polar surface area (TPSA) is 51.2 Å². The quantitative estimate of drug-likeness (QED) is 0.416. The first-order valence-electron chi connectivity index (χ1n) is 4.63. The Morgan fingerprint density at radius 1 is 1.47 bits per heavy atom. The number of alkyl halides is 2. The second-order valence-corrected chi connectivity index (χ2v) is 11.2. The van der Waals surface area contributed by atoms with Gasteiger partial charge >= 0.3 is 0 Å². The van der Waals surface area contributed by atoms with Crippen LogP contribution in [0, 0.1) is 5.82 Å². The van der Waals surface area contributed by atoms with Crippen molar-refractivity contribution in [2.24, 2.45) is 0 Å². The molecule has 0 aliphatic carbocycles. The smallest absolute Gasteiger partial charge is 0.239 e. The monoisotopic (exact) mass is 434 g/mol. The number of carbonyl (C=O) groups is 1. The molecular formula is C10H9BrFIO3S. The summed E-state index contributed by atoms with van der Waals surface area (Å²) in [6, 6.07) is 5.29. The van der Waals surface area contributed by atoms with Gasteiger partial charge in [-0.15, -0.1) is 0 Å². The number of hydrogen-bond acceptors (Lipinski definition) is 3. The zero-order valence-corrected chi connectivity index (χ0v) is 13.3. The molecule has 0 bridgehead atoms. The van der Waals surface area contributed by atoms with Crippen LogP contribution in [-0.2, 0) is 9.84 Å². The molecule has 0 saturated heterocycles. The summed E-state index contributed by atoms with van der Waals surface area (Å²) < 4.78 is 35.1. The van der Waals surface area contributed by atoms with E-state index in [-0.39, 0.29) is 11.3 Å². The average Bonchev–Trinajstić information content (AvgIpc) is 2.28. The number of rotatable bonds is 4. The molecule has 1 atom stereocenters. The second kappa shape index (κ2) is 5.31. The molecule has 1 unspecified atom stereocenters. The van der Waals surface area contributed by atoms with Gasteiger partial charge in [0.15, 0.2) is 9.84 Å². The van der Waals surface area contributed by atoms with E-state index in [1.54, 1.807) is 0 Å². The Morgan fingerprint density at radius 2 is 2.00 bits per heavy atom. The van der Waals surface area contributed by atoms with Crippen molar-refractivity contribution < 1.29 is 17.6 Å². The van der Waals surface area contributed by atoms with Crippen LogP contribution in [0.1, 0.15) is 17.3 Å². The summed E-state index contributed by atoms with van der Waals surface area (Å²) >= 11 is 4.36. The van der Waals surface area contributed by atoms with E-state index in [2.05, 4.69) is 15.9 Å². The highest BCUT2D eigenvalue weighted by atomic mass is 127. The lowest BCUT2D eigenvalue weighted by atomic mass is 10.1. The first kappa shape index (κ1) is 15.0. The van der Waals surface area contributed by atoms with Crippen molar-refractivity contribution in [1.29, 1.82) is 0 Å². The predicted molar refractivity (Wildman–Crippen MR) is 75.9 cm³/mol. The molecule has 0 saturated carbocycles. The molecule has 0 spiro atoms. The Hall–Kier alpha value is -0.0200. The summed E-state index contributed by atoms with van der Waals surface area (Å²) in [6.45, 7) is 1.43. The van der Waals surface area contributed by atoms with E-state index in [0.29, 0.717) is 0 Å². The summed E-state index contributed by atoms with van der Waals surface area (Å²) in [4.78, 5) is 12.0. The van der Waals surface area contributed by atoms with Crippen molar-refractivity contribution in [2.45, 2.75) is 8.59 Å². The highest BCUT2D eigenvalue weighted by molar-refractivity contribution is 14.1. The normalized spacial score (nSPS) is 15.3. The van der Waals surface area contributed by atoms with Gasteiger partial charge in [-0.3, -0.25) is 4.79 Å². The predicted octanol–water partition coefficient (Wildman–Crippen LogP) is 2.93. The van der Waals surface area contributed by atoms with Crippen LogP contribution in [0.4, 0.5) is 4.39 Å². The lowest BCUT2D eigenvalue weighted by Gasteiger charge is -2.18. The second-order valence-electron chi connectivity index (χ2n) is 3.23. The first-order valence-corrected chi connectivity index (χ1v) is 8.16. The number of hydrogen-bond donors (Lipinski definition) is 0. The molecule has 1 aromatic carbocycles. The summed E-state index contributed by atoms with van der Waals surface area (Å²) in [5, 5.41) is 0. The minimum absolute atomic E-state index is 0.207. The van der Waals surface area contributed by atoms with Crippen molar-refractivity contribution in [3.8, 4) is 0 Å². The van der Waals surface area contributed by atoms with Crippen LogP contribution in [0.3, 0.4) is 0 Å². The molecule has 0 aliphatic heterocycles. The van der Waals surface area contributed by atoms with Crippen molar-refractivity contribution in [2.75, 3.05) is 5.75 Å². The van der Waals surface area contributed by atoms with E-state index in [1.165, 1.54) is 47.7 Å². The minimum Gasteiger partial charge on any atom is -0.290 e. The van der Waals surface area contributed by atoms with Gasteiger partial charge in [-0.1, -0.05) is 19.1 Å². The maximum Gasteiger partial charge on any atom is 0.239 e. The third kappa shape index (κ3) is 2.87. The van der Waals surface area contributed by atoms with Gasteiger partial charge in [0.25, 0.3) is 0 Å². The van der Waals surface area contributed by atoms with E-state index in [9.17, 15) is 17.6 Å². The summed E-state index contributed by atoms with van der Waals surface area (Å²) in [6.07, 6.45) is 0. The maximum absolute atomic E-state index is 13.4. The maximum atomic E-state index is 13.4. The van der Waals surface area contributed by atoms with Crippen molar-refractivity contribution >= 4 is 54.1 Å². The third-order valence-corrected chi connectivity index (χ3v) is 8.22. The summed E-state index contributed by atoms with van der Waals surface area (Å²) in [5.74, 6) is -1.75. The molecule has 7 heteroatoms. The highest BCUT2D eigenvalue weighted by Gasteiger charge is 2.45. The Balaban J connectivity index is 3.28. The van der Waals surface area contributed by atoms with Gasteiger partial charge in [0.2, 0.25) is 7.45 Å². The molecule has 1 rings (SSSR count). The molecule has 0 aromatic heterocycles. The fourth-order valence-electron chi connectivity index (χ4n) is 1.12. The SMILES string of the molecule is CCS(=O)(=O)C(Br)(I)C(=O)c1ccccc1F. The van der Waals surface area contributed by atoms with Gasteiger partial charge in [0.1, 0.15) is 5.82 Å². The number of sulfone groups is 1. The first-order chi connectivity index (χ1) is 7.74. The lowest BCUT2D eigenvalue weighted by molar-refractivity contribution is 0.100. The van der Waals surface area contributed by atoms with Crippen molar-refractivity contribution in [3.63, 3.8) is 0 Å². The number of benzene rings is 1. The van der Waals surface area contributed by atoms with Gasteiger partial charge in [0, 0.05) is 0 Å². The molecular weight excluding hydrogens is 426 g/mol. The van der Waals surface area contributed by atoms with Gasteiger partial charge in [-0.25, -0.2) is 12.8 Å². The summed E-state index contributed by atoms with van der Waals surface area (Å²) in [7, 11) is -3.67. The molecule has 0 aliphatic rings. The van der Waals surface area contributed by atoms with Crippen molar-refractivity contribution in [3.05, 3.63) is 35.6 Å². The van der Waals surface area contributed by atoms with Crippen LogP contribution >= 0.6 is 38.5 Å². The van der Waals surface area contributed by atoms with E-state index >= 15 is 0 Å². The molecule has 0 amide bonds. The molecule has 0 fully saturated rings. The zero-order chi connectivity index (χ0) is 13.3.